The number of rotatable bonds is 6. The summed E-state index contributed by atoms with van der Waals surface area (Å²) >= 11 is 0. The molecular formula is C15H15NO6. The van der Waals surface area contributed by atoms with Crippen LogP contribution in [0.1, 0.15) is 52.0 Å². The predicted molar refractivity (Wildman–Crippen MR) is 73.9 cm³/mol. The summed E-state index contributed by atoms with van der Waals surface area (Å²) in [5.74, 6) is -3.00. The van der Waals surface area contributed by atoms with Gasteiger partial charge in [-0.2, -0.15) is 0 Å². The number of hydroxylamine groups is 2. The lowest BCUT2D eigenvalue weighted by Gasteiger charge is -2.12. The van der Waals surface area contributed by atoms with Crippen LogP contribution < -0.4 is 0 Å². The first-order valence-corrected chi connectivity index (χ1v) is 6.83. The largest absolute Gasteiger partial charge is 0.481 e. The molecule has 0 fully saturated rings. The molecule has 1 N–H and O–H groups in total. The molecule has 0 aliphatic carbocycles. The van der Waals surface area contributed by atoms with Gasteiger partial charge < -0.3 is 9.94 Å². The van der Waals surface area contributed by atoms with E-state index < -0.39 is 23.8 Å². The fourth-order valence-corrected chi connectivity index (χ4v) is 2.21. The molecule has 1 aromatic carbocycles. The van der Waals surface area contributed by atoms with Gasteiger partial charge in [0.2, 0.25) is 0 Å². The zero-order valence-electron chi connectivity index (χ0n) is 12.0. The standard InChI is InChI=1S/C15H15NO6/c1-9-5-4-6-10-13(9)15(21)16(14(10)20)22-12(19)8-3-2-7-11(17)18/h4-6H,2-3,7-8H2,1H3,(H,17,18). The van der Waals surface area contributed by atoms with Crippen molar-refractivity contribution >= 4 is 23.8 Å². The second kappa shape index (κ2) is 6.38. The zero-order chi connectivity index (χ0) is 16.3. The summed E-state index contributed by atoms with van der Waals surface area (Å²) < 4.78 is 0. The molecule has 7 nitrogen and oxygen atoms in total. The maximum atomic E-state index is 12.1. The van der Waals surface area contributed by atoms with Gasteiger partial charge >= 0.3 is 11.9 Å². The van der Waals surface area contributed by atoms with E-state index in [0.717, 1.165) is 0 Å². The molecule has 0 aromatic heterocycles. The minimum absolute atomic E-state index is 0.0422. The van der Waals surface area contributed by atoms with Crippen molar-refractivity contribution in [2.75, 3.05) is 0 Å². The van der Waals surface area contributed by atoms with Gasteiger partial charge in [0.05, 0.1) is 11.1 Å². The molecular weight excluding hydrogens is 290 g/mol. The number of unbranched alkanes of at least 4 members (excludes halogenated alkanes) is 1. The maximum absolute atomic E-state index is 12.1. The molecule has 116 valence electrons. The number of carboxylic acid groups (broad SMARTS) is 1. The topological polar surface area (TPSA) is 101 Å². The first-order valence-electron chi connectivity index (χ1n) is 6.83. The maximum Gasteiger partial charge on any atom is 0.333 e. The number of carbonyl (C=O) groups excluding carboxylic acids is 3. The number of imide groups is 1. The molecule has 0 saturated heterocycles. The van der Waals surface area contributed by atoms with Gasteiger partial charge in [0, 0.05) is 12.8 Å². The highest BCUT2D eigenvalue weighted by molar-refractivity contribution is 6.21. The number of aryl methyl sites for hydroxylation is 1. The Morgan fingerprint density at radius 2 is 1.82 bits per heavy atom. The summed E-state index contributed by atoms with van der Waals surface area (Å²) in [5.41, 5.74) is 1.09. The molecule has 0 saturated carbocycles. The van der Waals surface area contributed by atoms with Crippen molar-refractivity contribution in [2.24, 2.45) is 0 Å². The number of carboxylic acids is 1. The number of amides is 2. The summed E-state index contributed by atoms with van der Waals surface area (Å²) in [6, 6.07) is 4.85. The molecule has 7 heteroatoms. The Hall–Kier alpha value is -2.70. The number of fused-ring (bicyclic) bond motifs is 1. The molecule has 1 aromatic rings. The number of nitrogens with zero attached hydrogens (tertiary/aromatic N) is 1. The van der Waals surface area contributed by atoms with E-state index >= 15 is 0 Å². The quantitative estimate of drug-likeness (QED) is 0.634. The van der Waals surface area contributed by atoms with Crippen molar-refractivity contribution in [3.8, 4) is 0 Å². The van der Waals surface area contributed by atoms with Gasteiger partial charge in [-0.05, 0) is 31.4 Å². The van der Waals surface area contributed by atoms with Crippen LogP contribution in [0, 0.1) is 6.92 Å². The summed E-state index contributed by atoms with van der Waals surface area (Å²) in [6.07, 6.45) is 0.540. The van der Waals surface area contributed by atoms with Crippen molar-refractivity contribution in [1.82, 2.24) is 5.06 Å². The lowest BCUT2D eigenvalue weighted by Crippen LogP contribution is -2.32. The molecule has 0 atom stereocenters. The molecule has 0 unspecified atom stereocenters. The number of benzene rings is 1. The van der Waals surface area contributed by atoms with E-state index in [1.165, 1.54) is 6.07 Å². The number of hydrogen-bond donors (Lipinski definition) is 1. The Labute approximate surface area is 126 Å². The van der Waals surface area contributed by atoms with E-state index in [0.29, 0.717) is 23.5 Å². The third-order valence-electron chi connectivity index (χ3n) is 3.30. The third kappa shape index (κ3) is 3.13. The van der Waals surface area contributed by atoms with Crippen LogP contribution in [0.15, 0.2) is 18.2 Å². The highest BCUT2D eigenvalue weighted by Gasteiger charge is 2.39. The minimum atomic E-state index is -0.941. The first kappa shape index (κ1) is 15.7. The molecule has 1 aliphatic heterocycles. The Morgan fingerprint density at radius 1 is 1.14 bits per heavy atom. The highest BCUT2D eigenvalue weighted by Crippen LogP contribution is 2.26. The Kier molecular flexibility index (Phi) is 4.55. The normalized spacial score (nSPS) is 13.2. The average molecular weight is 305 g/mol. The smallest absolute Gasteiger partial charge is 0.333 e. The number of aliphatic carboxylic acids is 1. The molecule has 0 radical (unpaired) electrons. The van der Waals surface area contributed by atoms with Crippen LogP contribution >= 0.6 is 0 Å². The van der Waals surface area contributed by atoms with Crippen LogP contribution in [0.4, 0.5) is 0 Å². The van der Waals surface area contributed by atoms with Crippen LogP contribution in [-0.4, -0.2) is 33.9 Å². The molecule has 0 spiro atoms. The lowest BCUT2D eigenvalue weighted by atomic mass is 10.0. The average Bonchev–Trinajstić information content (AvgIpc) is 2.70. The van der Waals surface area contributed by atoms with E-state index in [-0.39, 0.29) is 24.0 Å². The lowest BCUT2D eigenvalue weighted by molar-refractivity contribution is -0.168. The summed E-state index contributed by atoms with van der Waals surface area (Å²) in [7, 11) is 0. The number of carbonyl (C=O) groups is 4. The van der Waals surface area contributed by atoms with E-state index in [1.54, 1.807) is 19.1 Å². The third-order valence-corrected chi connectivity index (χ3v) is 3.30. The number of hydrogen-bond acceptors (Lipinski definition) is 5. The van der Waals surface area contributed by atoms with Gasteiger partial charge in [0.15, 0.2) is 0 Å². The van der Waals surface area contributed by atoms with Gasteiger partial charge in [-0.1, -0.05) is 17.2 Å². The molecule has 2 amide bonds. The van der Waals surface area contributed by atoms with E-state index in [1.807, 2.05) is 0 Å². The van der Waals surface area contributed by atoms with Crippen LogP contribution in [0.5, 0.6) is 0 Å². The minimum Gasteiger partial charge on any atom is -0.481 e. The van der Waals surface area contributed by atoms with Crippen molar-refractivity contribution in [1.29, 1.82) is 0 Å². The molecule has 1 aliphatic rings. The van der Waals surface area contributed by atoms with Crippen molar-refractivity contribution in [2.45, 2.75) is 32.6 Å². The van der Waals surface area contributed by atoms with Crippen molar-refractivity contribution in [3.63, 3.8) is 0 Å². The van der Waals surface area contributed by atoms with E-state index in [2.05, 4.69) is 0 Å². The second-order valence-corrected chi connectivity index (χ2v) is 4.97. The first-order chi connectivity index (χ1) is 10.4. The van der Waals surface area contributed by atoms with Gasteiger partial charge in [-0.3, -0.25) is 14.4 Å². The summed E-state index contributed by atoms with van der Waals surface area (Å²) in [4.78, 5) is 51.0. The van der Waals surface area contributed by atoms with Crippen LogP contribution in [0.3, 0.4) is 0 Å². The zero-order valence-corrected chi connectivity index (χ0v) is 12.0. The van der Waals surface area contributed by atoms with Crippen LogP contribution in [-0.2, 0) is 14.4 Å². The predicted octanol–water partition coefficient (Wildman–Crippen LogP) is 1.69. The highest BCUT2D eigenvalue weighted by atomic mass is 16.7. The summed E-state index contributed by atoms with van der Waals surface area (Å²) in [6.45, 7) is 1.70. The summed E-state index contributed by atoms with van der Waals surface area (Å²) in [5, 5.41) is 8.96. The molecule has 0 bridgehead atoms. The van der Waals surface area contributed by atoms with Crippen LogP contribution in [0.25, 0.3) is 0 Å². The van der Waals surface area contributed by atoms with E-state index in [4.69, 9.17) is 9.94 Å². The second-order valence-electron chi connectivity index (χ2n) is 4.97. The SMILES string of the molecule is Cc1cccc2c1C(=O)N(OC(=O)CCCCC(=O)O)C2=O. The fourth-order valence-electron chi connectivity index (χ4n) is 2.21. The van der Waals surface area contributed by atoms with Crippen molar-refractivity contribution in [3.05, 3.63) is 34.9 Å². The molecule has 2 rings (SSSR count). The van der Waals surface area contributed by atoms with Crippen LogP contribution in [0.2, 0.25) is 0 Å². The Bertz CT molecular complexity index is 651. The van der Waals surface area contributed by atoms with Crippen molar-refractivity contribution < 1.29 is 29.1 Å². The monoisotopic (exact) mass is 305 g/mol. The van der Waals surface area contributed by atoms with E-state index in [9.17, 15) is 19.2 Å². The molecule has 1 heterocycles. The Balaban J connectivity index is 1.96. The van der Waals surface area contributed by atoms with Gasteiger partial charge in [0.1, 0.15) is 0 Å². The molecule has 22 heavy (non-hydrogen) atoms. The van der Waals surface area contributed by atoms with Gasteiger partial charge in [0.25, 0.3) is 11.8 Å². The Morgan fingerprint density at radius 3 is 2.45 bits per heavy atom. The fraction of sp³-hybridized carbons (Fsp3) is 0.333. The van der Waals surface area contributed by atoms with Gasteiger partial charge in [-0.25, -0.2) is 4.79 Å². The van der Waals surface area contributed by atoms with Gasteiger partial charge in [-0.15, -0.1) is 0 Å².